The standard InChI is InChI=1S/C12H11Br/c1-8-3-5-11-9(2)12(13)6-4-10(11)7-8/h3-7H,1-2H3. The Labute approximate surface area is 86.7 Å². The first-order valence-corrected chi connectivity index (χ1v) is 5.13. The molecule has 0 aromatic heterocycles. The maximum Gasteiger partial charge on any atom is 0.0210 e. The van der Waals surface area contributed by atoms with Gasteiger partial charge in [-0.2, -0.15) is 0 Å². The first-order chi connectivity index (χ1) is 6.18. The molecular weight excluding hydrogens is 224 g/mol. The molecule has 0 fully saturated rings. The van der Waals surface area contributed by atoms with Gasteiger partial charge in [0.2, 0.25) is 0 Å². The highest BCUT2D eigenvalue weighted by molar-refractivity contribution is 9.10. The summed E-state index contributed by atoms with van der Waals surface area (Å²) in [5.74, 6) is 0. The Morgan fingerprint density at radius 1 is 1.00 bits per heavy atom. The van der Waals surface area contributed by atoms with Gasteiger partial charge in [-0.3, -0.25) is 0 Å². The van der Waals surface area contributed by atoms with Crippen molar-refractivity contribution in [2.45, 2.75) is 13.8 Å². The first-order valence-electron chi connectivity index (χ1n) is 4.34. The van der Waals surface area contributed by atoms with Crippen LogP contribution in [0.1, 0.15) is 11.1 Å². The molecule has 0 N–H and O–H groups in total. The maximum absolute atomic E-state index is 3.53. The van der Waals surface area contributed by atoms with Crippen molar-refractivity contribution in [2.75, 3.05) is 0 Å². The summed E-state index contributed by atoms with van der Waals surface area (Å²) in [5.41, 5.74) is 2.63. The zero-order valence-corrected chi connectivity index (χ0v) is 9.35. The Balaban J connectivity index is 2.87. The number of benzene rings is 2. The van der Waals surface area contributed by atoms with Crippen molar-refractivity contribution in [1.29, 1.82) is 0 Å². The normalized spacial score (nSPS) is 10.7. The van der Waals surface area contributed by atoms with Gasteiger partial charge in [0.25, 0.3) is 0 Å². The van der Waals surface area contributed by atoms with E-state index in [4.69, 9.17) is 0 Å². The van der Waals surface area contributed by atoms with Crippen molar-refractivity contribution in [3.05, 3.63) is 45.9 Å². The van der Waals surface area contributed by atoms with Crippen LogP contribution in [-0.4, -0.2) is 0 Å². The van der Waals surface area contributed by atoms with Crippen LogP contribution in [0.25, 0.3) is 10.8 Å². The molecule has 0 aliphatic carbocycles. The third kappa shape index (κ3) is 1.49. The average Bonchev–Trinajstić information content (AvgIpc) is 2.12. The Bertz CT molecular complexity index is 458. The van der Waals surface area contributed by atoms with Crippen molar-refractivity contribution >= 4 is 26.7 Å². The van der Waals surface area contributed by atoms with Crippen molar-refractivity contribution in [3.63, 3.8) is 0 Å². The Morgan fingerprint density at radius 3 is 2.54 bits per heavy atom. The summed E-state index contributed by atoms with van der Waals surface area (Å²) in [6.45, 7) is 4.26. The van der Waals surface area contributed by atoms with Crippen LogP contribution in [-0.2, 0) is 0 Å². The van der Waals surface area contributed by atoms with Gasteiger partial charge in [0, 0.05) is 4.47 Å². The van der Waals surface area contributed by atoms with Gasteiger partial charge in [0.15, 0.2) is 0 Å². The van der Waals surface area contributed by atoms with Crippen LogP contribution in [0, 0.1) is 13.8 Å². The minimum Gasteiger partial charge on any atom is -0.0587 e. The molecule has 0 amide bonds. The van der Waals surface area contributed by atoms with Crippen LogP contribution in [0.15, 0.2) is 34.8 Å². The van der Waals surface area contributed by atoms with E-state index in [0.717, 1.165) is 0 Å². The molecule has 66 valence electrons. The fourth-order valence-corrected chi connectivity index (χ4v) is 1.92. The van der Waals surface area contributed by atoms with Gasteiger partial charge < -0.3 is 0 Å². The monoisotopic (exact) mass is 234 g/mol. The van der Waals surface area contributed by atoms with Crippen LogP contribution in [0.5, 0.6) is 0 Å². The summed E-state index contributed by atoms with van der Waals surface area (Å²) in [6, 6.07) is 10.8. The van der Waals surface area contributed by atoms with Crippen LogP contribution < -0.4 is 0 Å². The minimum atomic E-state index is 1.18. The van der Waals surface area contributed by atoms with Gasteiger partial charge in [-0.1, -0.05) is 45.8 Å². The highest BCUT2D eigenvalue weighted by Crippen LogP contribution is 2.26. The lowest BCUT2D eigenvalue weighted by molar-refractivity contribution is 1.45. The van der Waals surface area contributed by atoms with Gasteiger partial charge in [-0.15, -0.1) is 0 Å². The highest BCUT2D eigenvalue weighted by Gasteiger charge is 2.00. The van der Waals surface area contributed by atoms with E-state index in [1.807, 2.05) is 0 Å². The topological polar surface area (TPSA) is 0 Å². The number of halogens is 1. The third-order valence-corrected chi connectivity index (χ3v) is 3.24. The van der Waals surface area contributed by atoms with Crippen LogP contribution in [0.4, 0.5) is 0 Å². The highest BCUT2D eigenvalue weighted by atomic mass is 79.9. The molecule has 0 spiro atoms. The van der Waals surface area contributed by atoms with E-state index >= 15 is 0 Å². The SMILES string of the molecule is Cc1ccc2c(C)c(Br)ccc2c1. The van der Waals surface area contributed by atoms with Gasteiger partial charge >= 0.3 is 0 Å². The van der Waals surface area contributed by atoms with Gasteiger partial charge in [-0.25, -0.2) is 0 Å². The molecule has 0 saturated carbocycles. The predicted molar refractivity (Wildman–Crippen MR) is 61.1 cm³/mol. The quantitative estimate of drug-likeness (QED) is 0.641. The van der Waals surface area contributed by atoms with E-state index < -0.39 is 0 Å². The number of hydrogen-bond acceptors (Lipinski definition) is 0. The second-order valence-corrected chi connectivity index (χ2v) is 4.25. The van der Waals surface area contributed by atoms with E-state index in [1.54, 1.807) is 0 Å². The average molecular weight is 235 g/mol. The molecular formula is C12H11Br. The van der Waals surface area contributed by atoms with Gasteiger partial charge in [-0.05, 0) is 36.2 Å². The number of hydrogen-bond donors (Lipinski definition) is 0. The lowest BCUT2D eigenvalue weighted by Gasteiger charge is -2.04. The number of fused-ring (bicyclic) bond motifs is 1. The number of rotatable bonds is 0. The zero-order valence-electron chi connectivity index (χ0n) is 7.76. The first kappa shape index (κ1) is 8.76. The zero-order chi connectivity index (χ0) is 9.42. The summed E-state index contributed by atoms with van der Waals surface area (Å²) >= 11 is 3.53. The minimum absolute atomic E-state index is 1.18. The molecule has 1 heteroatoms. The Kier molecular flexibility index (Phi) is 2.12. The third-order valence-electron chi connectivity index (χ3n) is 2.38. The summed E-state index contributed by atoms with van der Waals surface area (Å²) in [4.78, 5) is 0. The second kappa shape index (κ2) is 3.15. The molecule has 0 aliphatic rings. The molecule has 2 aromatic carbocycles. The molecule has 0 bridgehead atoms. The fourth-order valence-electron chi connectivity index (χ4n) is 1.58. The number of aryl methyl sites for hydroxylation is 2. The summed E-state index contributed by atoms with van der Waals surface area (Å²) in [7, 11) is 0. The van der Waals surface area contributed by atoms with Crippen molar-refractivity contribution in [1.82, 2.24) is 0 Å². The molecule has 0 saturated heterocycles. The van der Waals surface area contributed by atoms with Crippen molar-refractivity contribution < 1.29 is 0 Å². The molecule has 0 unspecified atom stereocenters. The smallest absolute Gasteiger partial charge is 0.0210 e. The second-order valence-electron chi connectivity index (χ2n) is 3.40. The van der Waals surface area contributed by atoms with Crippen LogP contribution in [0.2, 0.25) is 0 Å². The predicted octanol–water partition coefficient (Wildman–Crippen LogP) is 4.22. The summed E-state index contributed by atoms with van der Waals surface area (Å²) in [6.07, 6.45) is 0. The molecule has 13 heavy (non-hydrogen) atoms. The molecule has 2 rings (SSSR count). The van der Waals surface area contributed by atoms with Gasteiger partial charge in [0.05, 0.1) is 0 Å². The Hall–Kier alpha value is -0.820. The van der Waals surface area contributed by atoms with E-state index in [9.17, 15) is 0 Å². The van der Waals surface area contributed by atoms with Crippen molar-refractivity contribution in [3.8, 4) is 0 Å². The lowest BCUT2D eigenvalue weighted by atomic mass is 10.0. The lowest BCUT2D eigenvalue weighted by Crippen LogP contribution is -1.81. The van der Waals surface area contributed by atoms with E-state index in [0.29, 0.717) is 0 Å². The van der Waals surface area contributed by atoms with E-state index in [2.05, 4.69) is 60.1 Å². The molecule has 0 radical (unpaired) electrons. The summed E-state index contributed by atoms with van der Waals surface area (Å²) in [5, 5.41) is 2.65. The summed E-state index contributed by atoms with van der Waals surface area (Å²) < 4.78 is 1.18. The fraction of sp³-hybridized carbons (Fsp3) is 0.167. The van der Waals surface area contributed by atoms with Crippen molar-refractivity contribution in [2.24, 2.45) is 0 Å². The van der Waals surface area contributed by atoms with Crippen LogP contribution >= 0.6 is 15.9 Å². The molecule has 0 aliphatic heterocycles. The Morgan fingerprint density at radius 2 is 1.77 bits per heavy atom. The molecule has 0 atom stereocenters. The van der Waals surface area contributed by atoms with E-state index in [-0.39, 0.29) is 0 Å². The van der Waals surface area contributed by atoms with Crippen LogP contribution in [0.3, 0.4) is 0 Å². The maximum atomic E-state index is 3.53. The molecule has 0 nitrogen and oxygen atoms in total. The molecule has 0 heterocycles. The van der Waals surface area contributed by atoms with E-state index in [1.165, 1.54) is 26.4 Å². The van der Waals surface area contributed by atoms with Gasteiger partial charge in [0.1, 0.15) is 0 Å². The largest absolute Gasteiger partial charge is 0.0587 e. The molecule has 2 aromatic rings.